The highest BCUT2D eigenvalue weighted by atomic mass is 16.5. The molecule has 1 fully saturated rings. The summed E-state index contributed by atoms with van der Waals surface area (Å²) in [6.45, 7) is 2.53. The van der Waals surface area contributed by atoms with Crippen LogP contribution < -0.4 is 10.5 Å². The summed E-state index contributed by atoms with van der Waals surface area (Å²) in [4.78, 5) is 13.6. The molecule has 1 saturated heterocycles. The maximum Gasteiger partial charge on any atom is 0.260 e. The zero-order valence-corrected chi connectivity index (χ0v) is 10.6. The molecule has 0 radical (unpaired) electrons. The lowest BCUT2D eigenvalue weighted by Crippen LogP contribution is -2.32. The molecule has 1 aromatic carbocycles. The number of ether oxygens (including phenoxy) is 1. The average molecular weight is 248 g/mol. The summed E-state index contributed by atoms with van der Waals surface area (Å²) in [5.41, 5.74) is 6.68. The van der Waals surface area contributed by atoms with E-state index in [4.69, 9.17) is 10.5 Å². The van der Waals surface area contributed by atoms with Crippen LogP contribution in [0.5, 0.6) is 5.75 Å². The van der Waals surface area contributed by atoms with Crippen molar-refractivity contribution < 1.29 is 9.53 Å². The summed E-state index contributed by atoms with van der Waals surface area (Å²) < 4.78 is 5.49. The summed E-state index contributed by atoms with van der Waals surface area (Å²) in [5, 5.41) is 0. The van der Waals surface area contributed by atoms with Crippen molar-refractivity contribution in [3.63, 3.8) is 0 Å². The van der Waals surface area contributed by atoms with Crippen LogP contribution in [0.1, 0.15) is 18.4 Å². The molecule has 1 heterocycles. The molecule has 4 nitrogen and oxygen atoms in total. The van der Waals surface area contributed by atoms with Crippen molar-refractivity contribution in [1.82, 2.24) is 4.90 Å². The zero-order valence-electron chi connectivity index (χ0n) is 10.6. The van der Waals surface area contributed by atoms with E-state index in [1.165, 1.54) is 5.56 Å². The Hall–Kier alpha value is -1.55. The standard InChI is InChI=1S/C14H20N2O2/c15-8-7-12-3-5-13(6-4-12)18-11-14(17)16-9-1-2-10-16/h3-6H,1-2,7-11,15H2. The van der Waals surface area contributed by atoms with Crippen LogP contribution in [0, 0.1) is 0 Å². The fourth-order valence-electron chi connectivity index (χ4n) is 2.12. The van der Waals surface area contributed by atoms with Crippen LogP contribution in [0.3, 0.4) is 0 Å². The van der Waals surface area contributed by atoms with Crippen molar-refractivity contribution >= 4 is 5.91 Å². The number of carbonyl (C=O) groups is 1. The van der Waals surface area contributed by atoms with E-state index in [9.17, 15) is 4.79 Å². The fourth-order valence-corrected chi connectivity index (χ4v) is 2.12. The number of likely N-dealkylation sites (tertiary alicyclic amines) is 1. The average Bonchev–Trinajstić information content (AvgIpc) is 2.92. The Morgan fingerprint density at radius 1 is 1.22 bits per heavy atom. The first kappa shape index (κ1) is 12.9. The Kier molecular flexibility index (Phi) is 4.59. The van der Waals surface area contributed by atoms with E-state index in [-0.39, 0.29) is 12.5 Å². The molecule has 0 saturated carbocycles. The molecule has 2 N–H and O–H groups in total. The van der Waals surface area contributed by atoms with Crippen molar-refractivity contribution in [2.45, 2.75) is 19.3 Å². The molecule has 1 aliphatic heterocycles. The van der Waals surface area contributed by atoms with Crippen LogP contribution in [0.25, 0.3) is 0 Å². The molecule has 1 aliphatic rings. The number of nitrogens with zero attached hydrogens (tertiary/aromatic N) is 1. The predicted molar refractivity (Wildman–Crippen MR) is 70.5 cm³/mol. The Bertz CT molecular complexity index is 383. The van der Waals surface area contributed by atoms with Crippen molar-refractivity contribution in [2.24, 2.45) is 5.73 Å². The smallest absolute Gasteiger partial charge is 0.260 e. The molecule has 0 atom stereocenters. The molecule has 98 valence electrons. The molecule has 0 unspecified atom stereocenters. The highest BCUT2D eigenvalue weighted by Crippen LogP contribution is 2.13. The van der Waals surface area contributed by atoms with Gasteiger partial charge < -0.3 is 15.4 Å². The number of nitrogens with two attached hydrogens (primary N) is 1. The summed E-state index contributed by atoms with van der Waals surface area (Å²) in [5.74, 6) is 0.821. The first-order valence-electron chi connectivity index (χ1n) is 6.49. The molecule has 0 aromatic heterocycles. The van der Waals surface area contributed by atoms with Crippen molar-refractivity contribution in [3.8, 4) is 5.75 Å². The SMILES string of the molecule is NCCc1ccc(OCC(=O)N2CCCC2)cc1. The molecule has 1 amide bonds. The topological polar surface area (TPSA) is 55.6 Å². The first-order chi connectivity index (χ1) is 8.79. The van der Waals surface area contributed by atoms with Gasteiger partial charge in [0.2, 0.25) is 0 Å². The van der Waals surface area contributed by atoms with Gasteiger partial charge in [-0.2, -0.15) is 0 Å². The first-order valence-corrected chi connectivity index (χ1v) is 6.49. The molecule has 18 heavy (non-hydrogen) atoms. The lowest BCUT2D eigenvalue weighted by atomic mass is 10.1. The molecule has 0 spiro atoms. The van der Waals surface area contributed by atoms with Crippen LogP contribution in [0.4, 0.5) is 0 Å². The largest absolute Gasteiger partial charge is 0.484 e. The van der Waals surface area contributed by atoms with Gasteiger partial charge >= 0.3 is 0 Å². The third kappa shape index (κ3) is 3.47. The number of benzene rings is 1. The molecule has 0 bridgehead atoms. The monoisotopic (exact) mass is 248 g/mol. The van der Waals surface area contributed by atoms with E-state index < -0.39 is 0 Å². The number of carbonyl (C=O) groups excluding carboxylic acids is 1. The third-order valence-electron chi connectivity index (χ3n) is 3.18. The number of amides is 1. The maximum atomic E-state index is 11.8. The summed E-state index contributed by atoms with van der Waals surface area (Å²) >= 11 is 0. The second-order valence-electron chi connectivity index (χ2n) is 4.56. The molecule has 4 heteroatoms. The Labute approximate surface area is 108 Å². The van der Waals surface area contributed by atoms with Gasteiger partial charge in [-0.15, -0.1) is 0 Å². The van der Waals surface area contributed by atoms with Gasteiger partial charge in [0, 0.05) is 13.1 Å². The normalized spacial score (nSPS) is 14.8. The fraction of sp³-hybridized carbons (Fsp3) is 0.500. The molecule has 1 aromatic rings. The highest BCUT2D eigenvalue weighted by Gasteiger charge is 2.17. The van der Waals surface area contributed by atoms with Crippen molar-refractivity contribution in [1.29, 1.82) is 0 Å². The number of hydrogen-bond donors (Lipinski definition) is 1. The summed E-state index contributed by atoms with van der Waals surface area (Å²) in [6.07, 6.45) is 3.09. The van der Waals surface area contributed by atoms with Crippen LogP contribution in [0.2, 0.25) is 0 Å². The predicted octanol–water partition coefficient (Wildman–Crippen LogP) is 1.19. The van der Waals surface area contributed by atoms with Crippen LogP contribution in [0.15, 0.2) is 24.3 Å². The minimum Gasteiger partial charge on any atom is -0.484 e. The Morgan fingerprint density at radius 3 is 2.50 bits per heavy atom. The second-order valence-corrected chi connectivity index (χ2v) is 4.56. The van der Waals surface area contributed by atoms with Crippen molar-refractivity contribution in [2.75, 3.05) is 26.2 Å². The van der Waals surface area contributed by atoms with Gasteiger partial charge in [0.1, 0.15) is 5.75 Å². The second kappa shape index (κ2) is 6.40. The minimum absolute atomic E-state index is 0.0820. The van der Waals surface area contributed by atoms with E-state index in [2.05, 4.69) is 0 Å². The maximum absolute atomic E-state index is 11.8. The van der Waals surface area contributed by atoms with Crippen LogP contribution >= 0.6 is 0 Å². The lowest BCUT2D eigenvalue weighted by molar-refractivity contribution is -0.132. The van der Waals surface area contributed by atoms with E-state index in [0.29, 0.717) is 6.54 Å². The Balaban J connectivity index is 1.80. The van der Waals surface area contributed by atoms with Gasteiger partial charge in [-0.3, -0.25) is 4.79 Å². The number of hydrogen-bond acceptors (Lipinski definition) is 3. The van der Waals surface area contributed by atoms with E-state index >= 15 is 0 Å². The van der Waals surface area contributed by atoms with Gasteiger partial charge in [0.05, 0.1) is 0 Å². The molecular formula is C14H20N2O2. The Morgan fingerprint density at radius 2 is 1.89 bits per heavy atom. The quantitative estimate of drug-likeness (QED) is 0.851. The van der Waals surface area contributed by atoms with Gasteiger partial charge in [-0.1, -0.05) is 12.1 Å². The van der Waals surface area contributed by atoms with Crippen molar-refractivity contribution in [3.05, 3.63) is 29.8 Å². The summed E-state index contributed by atoms with van der Waals surface area (Å²) in [7, 11) is 0. The number of rotatable bonds is 5. The lowest BCUT2D eigenvalue weighted by Gasteiger charge is -2.15. The molecule has 2 rings (SSSR count). The van der Waals surface area contributed by atoms with Gasteiger partial charge in [-0.05, 0) is 43.5 Å². The minimum atomic E-state index is 0.0820. The zero-order chi connectivity index (χ0) is 12.8. The van der Waals surface area contributed by atoms with Crippen LogP contribution in [-0.2, 0) is 11.2 Å². The molecule has 0 aliphatic carbocycles. The van der Waals surface area contributed by atoms with Gasteiger partial charge in [0.25, 0.3) is 5.91 Å². The van der Waals surface area contributed by atoms with E-state index in [1.54, 1.807) is 0 Å². The highest BCUT2D eigenvalue weighted by molar-refractivity contribution is 5.78. The summed E-state index contributed by atoms with van der Waals surface area (Å²) in [6, 6.07) is 7.76. The van der Waals surface area contributed by atoms with E-state index in [1.807, 2.05) is 29.2 Å². The third-order valence-corrected chi connectivity index (χ3v) is 3.18. The van der Waals surface area contributed by atoms with Gasteiger partial charge in [-0.25, -0.2) is 0 Å². The van der Waals surface area contributed by atoms with Crippen LogP contribution in [-0.4, -0.2) is 37.0 Å². The van der Waals surface area contributed by atoms with E-state index in [0.717, 1.165) is 38.1 Å². The van der Waals surface area contributed by atoms with Gasteiger partial charge in [0.15, 0.2) is 6.61 Å². The molecular weight excluding hydrogens is 228 g/mol.